The van der Waals surface area contributed by atoms with E-state index < -0.39 is 71.3 Å². The molecule has 1 fully saturated rings. The summed E-state index contributed by atoms with van der Waals surface area (Å²) in [6, 6.07) is 5.18. The minimum atomic E-state index is -1.99. The number of aromatic hydroxyl groups is 2. The van der Waals surface area contributed by atoms with E-state index in [-0.39, 0.29) is 46.4 Å². The highest BCUT2D eigenvalue weighted by Gasteiger charge is 2.49. The number of carbonyl (C=O) groups is 3. The van der Waals surface area contributed by atoms with Gasteiger partial charge in [-0.25, -0.2) is 0 Å². The van der Waals surface area contributed by atoms with Crippen molar-refractivity contribution in [2.45, 2.75) is 62.7 Å². The summed E-state index contributed by atoms with van der Waals surface area (Å²) in [5.74, 6) is -3.09. The Morgan fingerprint density at radius 2 is 1.69 bits per heavy atom. The number of ketones is 3. The lowest BCUT2D eigenvalue weighted by atomic mass is 9.72. The molecule has 36 heavy (non-hydrogen) atoms. The lowest BCUT2D eigenvalue weighted by Gasteiger charge is -2.42. The summed E-state index contributed by atoms with van der Waals surface area (Å²) in [5.41, 5.74) is 3.49. The van der Waals surface area contributed by atoms with Crippen molar-refractivity contribution in [2.24, 2.45) is 5.73 Å². The lowest BCUT2D eigenvalue weighted by Crippen LogP contribution is -2.58. The van der Waals surface area contributed by atoms with Gasteiger partial charge >= 0.3 is 0 Å². The number of benzene rings is 2. The van der Waals surface area contributed by atoms with Crippen LogP contribution >= 0.6 is 0 Å². The standard InChI is InChI=1S/C26H27NO9/c1-10-21(29)20(27)16(9-35-10)36-15-8-26(34,11(2)28)7-14-17(15)25(33)19-18(24(14)32)22(30)12-5-3-4-6-13(12)23(19)31/h3-6,10,15-16,20-21,29,32-34H,7-9,27H2,1-2H3. The fourth-order valence-electron chi connectivity index (χ4n) is 5.40. The van der Waals surface area contributed by atoms with Crippen LogP contribution < -0.4 is 5.73 Å². The van der Waals surface area contributed by atoms with Crippen LogP contribution in [0.1, 0.15) is 69.3 Å². The molecule has 1 heterocycles. The topological polar surface area (TPSA) is 177 Å². The van der Waals surface area contributed by atoms with Crippen LogP contribution in [-0.2, 0) is 20.7 Å². The number of nitrogens with two attached hydrogens (primary N) is 1. The molecule has 0 amide bonds. The zero-order valence-corrected chi connectivity index (χ0v) is 19.7. The zero-order chi connectivity index (χ0) is 26.1. The number of fused-ring (bicyclic) bond motifs is 3. The minimum Gasteiger partial charge on any atom is -0.507 e. The van der Waals surface area contributed by atoms with Crippen molar-refractivity contribution in [2.75, 3.05) is 6.61 Å². The minimum absolute atomic E-state index is 0.00773. The molecule has 5 rings (SSSR count). The smallest absolute Gasteiger partial charge is 0.198 e. The summed E-state index contributed by atoms with van der Waals surface area (Å²) in [5, 5.41) is 44.1. The number of phenols is 2. The summed E-state index contributed by atoms with van der Waals surface area (Å²) in [7, 11) is 0. The van der Waals surface area contributed by atoms with Gasteiger partial charge in [0.25, 0.3) is 0 Å². The van der Waals surface area contributed by atoms with E-state index in [9.17, 15) is 34.8 Å². The number of hydrogen-bond acceptors (Lipinski definition) is 10. The van der Waals surface area contributed by atoms with E-state index in [0.717, 1.165) is 0 Å². The van der Waals surface area contributed by atoms with E-state index >= 15 is 0 Å². The third kappa shape index (κ3) is 3.48. The molecular weight excluding hydrogens is 470 g/mol. The molecule has 1 saturated heterocycles. The highest BCUT2D eigenvalue weighted by atomic mass is 16.6. The first kappa shape index (κ1) is 24.5. The number of hydrogen-bond donors (Lipinski definition) is 5. The van der Waals surface area contributed by atoms with E-state index in [4.69, 9.17) is 15.2 Å². The van der Waals surface area contributed by atoms with Crippen molar-refractivity contribution in [1.82, 2.24) is 0 Å². The SMILES string of the molecule is CC(=O)C1(O)Cc2c(O)c3c(c(O)c2C(OC2COC(C)C(O)C2N)C1)C(=O)c1ccccc1C3=O. The molecule has 0 bridgehead atoms. The second kappa shape index (κ2) is 8.46. The van der Waals surface area contributed by atoms with Crippen LogP contribution in [-0.4, -0.2) is 74.3 Å². The first-order chi connectivity index (χ1) is 17.0. The average molecular weight is 498 g/mol. The first-order valence-electron chi connectivity index (χ1n) is 11.7. The molecule has 3 aliphatic rings. The van der Waals surface area contributed by atoms with Crippen molar-refractivity contribution < 1.29 is 44.3 Å². The van der Waals surface area contributed by atoms with E-state index in [1.165, 1.54) is 19.1 Å². The lowest BCUT2D eigenvalue weighted by molar-refractivity contribution is -0.175. The van der Waals surface area contributed by atoms with Crippen molar-refractivity contribution in [3.63, 3.8) is 0 Å². The second-order valence-corrected chi connectivity index (χ2v) is 9.78. The fourth-order valence-corrected chi connectivity index (χ4v) is 5.40. The normalized spacial score (nSPS) is 31.4. The number of rotatable bonds is 3. The number of aliphatic hydroxyl groups is 2. The number of Topliss-reactive ketones (excluding diaryl/α,β-unsaturated/α-hetero) is 1. The van der Waals surface area contributed by atoms with E-state index in [1.54, 1.807) is 19.1 Å². The molecule has 2 aromatic carbocycles. The number of phenolic OH excluding ortho intramolecular Hbond substituents is 2. The summed E-state index contributed by atoms with van der Waals surface area (Å²) >= 11 is 0. The van der Waals surface area contributed by atoms with Gasteiger partial charge in [0, 0.05) is 35.1 Å². The Kier molecular flexibility index (Phi) is 5.77. The Morgan fingerprint density at radius 3 is 2.28 bits per heavy atom. The fraction of sp³-hybridized carbons (Fsp3) is 0.423. The molecule has 10 heteroatoms. The quantitative estimate of drug-likeness (QED) is 0.323. The molecule has 6 atom stereocenters. The summed E-state index contributed by atoms with van der Waals surface area (Å²) < 4.78 is 11.6. The molecule has 0 spiro atoms. The average Bonchev–Trinajstić information content (AvgIpc) is 2.84. The van der Waals surface area contributed by atoms with Gasteiger partial charge in [0.05, 0.1) is 48.2 Å². The predicted octanol–water partition coefficient (Wildman–Crippen LogP) is 0.673. The van der Waals surface area contributed by atoms with E-state index in [0.29, 0.717) is 0 Å². The van der Waals surface area contributed by atoms with Crippen LogP contribution in [0.2, 0.25) is 0 Å². The Bertz CT molecular complexity index is 1300. The van der Waals surface area contributed by atoms with Gasteiger partial charge in [-0.05, 0) is 13.8 Å². The first-order valence-corrected chi connectivity index (χ1v) is 11.7. The van der Waals surface area contributed by atoms with Gasteiger partial charge < -0.3 is 35.6 Å². The second-order valence-electron chi connectivity index (χ2n) is 9.78. The van der Waals surface area contributed by atoms with Crippen LogP contribution in [0.5, 0.6) is 11.5 Å². The zero-order valence-electron chi connectivity index (χ0n) is 19.7. The largest absolute Gasteiger partial charge is 0.507 e. The van der Waals surface area contributed by atoms with Crippen molar-refractivity contribution in [3.8, 4) is 11.5 Å². The Labute approximate surface area is 206 Å². The maximum Gasteiger partial charge on any atom is 0.198 e. The summed E-state index contributed by atoms with van der Waals surface area (Å²) in [4.78, 5) is 39.0. The molecule has 0 saturated carbocycles. The Morgan fingerprint density at radius 1 is 1.11 bits per heavy atom. The van der Waals surface area contributed by atoms with Gasteiger partial charge in [-0.1, -0.05) is 24.3 Å². The van der Waals surface area contributed by atoms with Gasteiger partial charge in [0.2, 0.25) is 0 Å². The molecule has 6 N–H and O–H groups in total. The van der Waals surface area contributed by atoms with Crippen LogP contribution in [0.25, 0.3) is 0 Å². The third-order valence-corrected chi connectivity index (χ3v) is 7.60. The van der Waals surface area contributed by atoms with Gasteiger partial charge in [0.1, 0.15) is 17.1 Å². The van der Waals surface area contributed by atoms with Crippen LogP contribution in [0.15, 0.2) is 24.3 Å². The van der Waals surface area contributed by atoms with Crippen molar-refractivity contribution in [3.05, 3.63) is 57.6 Å². The monoisotopic (exact) mass is 497 g/mol. The highest BCUT2D eigenvalue weighted by molar-refractivity contribution is 6.30. The van der Waals surface area contributed by atoms with Crippen LogP contribution in [0, 0.1) is 0 Å². The van der Waals surface area contributed by atoms with E-state index in [2.05, 4.69) is 0 Å². The summed E-state index contributed by atoms with van der Waals surface area (Å²) in [6.45, 7) is 2.83. The molecule has 10 nitrogen and oxygen atoms in total. The molecule has 0 radical (unpaired) electrons. The molecule has 190 valence electrons. The maximum absolute atomic E-state index is 13.3. The molecular formula is C26H27NO9. The van der Waals surface area contributed by atoms with Crippen molar-refractivity contribution in [1.29, 1.82) is 0 Å². The van der Waals surface area contributed by atoms with Gasteiger partial charge in [-0.3, -0.25) is 14.4 Å². The van der Waals surface area contributed by atoms with Crippen LogP contribution in [0.3, 0.4) is 0 Å². The molecule has 6 unspecified atom stereocenters. The van der Waals surface area contributed by atoms with Crippen LogP contribution in [0.4, 0.5) is 0 Å². The van der Waals surface area contributed by atoms with Gasteiger partial charge in [0.15, 0.2) is 17.3 Å². The van der Waals surface area contributed by atoms with Gasteiger partial charge in [-0.15, -0.1) is 0 Å². The third-order valence-electron chi connectivity index (χ3n) is 7.60. The highest BCUT2D eigenvalue weighted by Crippen LogP contribution is 2.51. The van der Waals surface area contributed by atoms with E-state index in [1.807, 2.05) is 0 Å². The summed E-state index contributed by atoms with van der Waals surface area (Å²) in [6.07, 6.45) is -4.41. The number of carbonyl (C=O) groups excluding carboxylic acids is 3. The predicted molar refractivity (Wildman–Crippen MR) is 124 cm³/mol. The maximum atomic E-state index is 13.3. The molecule has 2 aliphatic carbocycles. The number of aliphatic hydroxyl groups excluding tert-OH is 1. The van der Waals surface area contributed by atoms with Crippen molar-refractivity contribution >= 4 is 17.3 Å². The molecule has 1 aliphatic heterocycles. The molecule has 2 aromatic rings. The Hall–Kier alpha value is -3.15. The Balaban J connectivity index is 1.68. The number of ether oxygens (including phenoxy) is 2. The molecule has 0 aromatic heterocycles. The van der Waals surface area contributed by atoms with Gasteiger partial charge in [-0.2, -0.15) is 0 Å².